The van der Waals surface area contributed by atoms with E-state index in [-0.39, 0.29) is 10.3 Å². The third-order valence-corrected chi connectivity index (χ3v) is 11.8. The first-order valence-corrected chi connectivity index (χ1v) is 10.7. The molecule has 0 amide bonds. The monoisotopic (exact) mass is 253 g/mol. The second-order valence-electron chi connectivity index (χ2n) is 2.95. The van der Waals surface area contributed by atoms with Gasteiger partial charge in [0.15, 0.2) is 0 Å². The van der Waals surface area contributed by atoms with E-state index in [1.54, 1.807) is 13.2 Å². The van der Waals surface area contributed by atoms with Gasteiger partial charge in [0.25, 0.3) is 7.26 Å². The van der Waals surface area contributed by atoms with Gasteiger partial charge in [-0.25, -0.2) is 19.8 Å². The molecule has 0 saturated heterocycles. The summed E-state index contributed by atoms with van der Waals surface area (Å²) in [6.07, 6.45) is 3.85. The molecule has 0 aliphatic carbocycles. The third kappa shape index (κ3) is 6.67. The van der Waals surface area contributed by atoms with Crippen molar-refractivity contribution >= 4 is 35.8 Å². The Morgan fingerprint density at radius 1 is 1.57 bits per heavy atom. The van der Waals surface area contributed by atoms with E-state index in [2.05, 4.69) is 23.7 Å². The predicted octanol–water partition coefficient (Wildman–Crippen LogP) is 1.42. The van der Waals surface area contributed by atoms with E-state index < -0.39 is 7.26 Å². The van der Waals surface area contributed by atoms with Crippen molar-refractivity contribution in [3.63, 3.8) is 0 Å². The van der Waals surface area contributed by atoms with Crippen molar-refractivity contribution in [3.05, 3.63) is 0 Å². The maximum atomic E-state index is 10.1. The largest absolute Gasteiger partial charge is 0.385 e. The highest BCUT2D eigenvalue weighted by Gasteiger charge is 2.14. The summed E-state index contributed by atoms with van der Waals surface area (Å²) < 4.78 is 8.81. The first-order valence-electron chi connectivity index (χ1n) is 4.74. The fourth-order valence-corrected chi connectivity index (χ4v) is 8.78. The second-order valence-corrected chi connectivity index (χ2v) is 12.3. The summed E-state index contributed by atoms with van der Waals surface area (Å²) in [5.74, 6) is 2.30. The first-order chi connectivity index (χ1) is 6.76. The van der Waals surface area contributed by atoms with Crippen LogP contribution in [-0.4, -0.2) is 38.6 Å². The van der Waals surface area contributed by atoms with Crippen LogP contribution in [0, 0.1) is 0 Å². The molecule has 14 heavy (non-hydrogen) atoms. The molecule has 0 fully saturated rings. The van der Waals surface area contributed by atoms with E-state index >= 15 is 0 Å². The fraction of sp³-hybridized carbons (Fsp3) is 0.875. The van der Waals surface area contributed by atoms with Crippen molar-refractivity contribution in [2.45, 2.75) is 19.8 Å². The molecule has 0 radical (unpaired) electrons. The van der Waals surface area contributed by atoms with E-state index in [1.807, 2.05) is 0 Å². The molecular weight excluding hydrogens is 234 g/mol. The number of ether oxygens (including phenoxy) is 1. The van der Waals surface area contributed by atoms with E-state index in [0.717, 1.165) is 25.2 Å². The van der Waals surface area contributed by atoms with Crippen LogP contribution < -0.4 is 0 Å². The zero-order chi connectivity index (χ0) is 10.8. The van der Waals surface area contributed by atoms with E-state index in [9.17, 15) is 4.79 Å². The molecule has 0 spiro atoms. The van der Waals surface area contributed by atoms with Gasteiger partial charge in [0.2, 0.25) is 6.08 Å². The zero-order valence-electron chi connectivity index (χ0n) is 8.77. The molecule has 0 aliphatic heterocycles. The average molecular weight is 253 g/mol. The number of isocyanates is 1. The lowest BCUT2D eigenvalue weighted by Crippen LogP contribution is -2.10. The summed E-state index contributed by atoms with van der Waals surface area (Å²) in [5, 5.41) is 0. The smallest absolute Gasteiger partial charge is 0.280 e. The van der Waals surface area contributed by atoms with Gasteiger partial charge >= 0.3 is 0 Å². The van der Waals surface area contributed by atoms with Crippen LogP contribution in [0.1, 0.15) is 19.8 Å². The lowest BCUT2D eigenvalue weighted by atomic mass is 10.5. The fourth-order valence-electron chi connectivity index (χ4n) is 1.17. The molecule has 3 nitrogen and oxygen atoms in total. The highest BCUT2D eigenvalue weighted by atomic mass is 32.6. The molecule has 0 N–H and O–H groups in total. The van der Waals surface area contributed by atoms with E-state index in [0.29, 0.717) is 0 Å². The Bertz CT molecular complexity index is 188. The Labute approximate surface area is 95.1 Å². The van der Waals surface area contributed by atoms with Crippen molar-refractivity contribution in [2.75, 3.05) is 25.2 Å². The van der Waals surface area contributed by atoms with Gasteiger partial charge in [-0.05, 0) is 24.3 Å². The van der Waals surface area contributed by atoms with Crippen LogP contribution in [0.25, 0.3) is 0 Å². The number of thiol groups is 2. The number of hydrogen-bond donors (Lipinski definition) is 2. The van der Waals surface area contributed by atoms with E-state index in [1.165, 1.54) is 5.75 Å². The standard InChI is InChI=1S/C8H19NO2S2Si/c1-3-6-13(7-4-5-11-2)14(12)9-8-10/h12-14H,3-7H2,1-2H3. The van der Waals surface area contributed by atoms with Crippen LogP contribution in [0.15, 0.2) is 4.66 Å². The minimum absolute atomic E-state index is 0.146. The van der Waals surface area contributed by atoms with Gasteiger partial charge in [0.05, 0.1) is 0 Å². The predicted molar refractivity (Wildman–Crippen MR) is 69.8 cm³/mol. The minimum Gasteiger partial charge on any atom is -0.385 e. The number of nitrogens with zero attached hydrogens (tertiary/aromatic N) is 1. The van der Waals surface area contributed by atoms with Crippen LogP contribution >= 0.6 is 22.4 Å². The molecule has 0 heterocycles. The average Bonchev–Trinajstić information content (AvgIpc) is 2.17. The quantitative estimate of drug-likeness (QED) is 0.226. The van der Waals surface area contributed by atoms with E-state index in [4.69, 9.17) is 4.74 Å². The maximum absolute atomic E-state index is 10.1. The maximum Gasteiger partial charge on any atom is 0.280 e. The normalized spacial score (nSPS) is 15.8. The Morgan fingerprint density at radius 3 is 2.79 bits per heavy atom. The molecule has 84 valence electrons. The third-order valence-electron chi connectivity index (χ3n) is 1.80. The summed E-state index contributed by atoms with van der Waals surface area (Å²) in [5.41, 5.74) is 0. The lowest BCUT2D eigenvalue weighted by molar-refractivity contribution is 0.200. The van der Waals surface area contributed by atoms with Gasteiger partial charge in [-0.3, -0.25) is 0 Å². The molecular formula is C8H19NO2S2Si. The molecule has 2 atom stereocenters. The number of carbonyl (C=O) groups excluding carboxylic acids is 1. The molecule has 0 aromatic rings. The Balaban J connectivity index is 3.92. The summed E-state index contributed by atoms with van der Waals surface area (Å²) >= 11 is 4.44. The molecule has 0 rings (SSSR count). The summed E-state index contributed by atoms with van der Waals surface area (Å²) in [6.45, 7) is 2.95. The molecule has 2 unspecified atom stereocenters. The SMILES string of the molecule is CCC[SH](CCCOC)[SiH](S)N=C=O. The molecule has 0 bridgehead atoms. The molecule has 0 saturated carbocycles. The second kappa shape index (κ2) is 9.80. The van der Waals surface area contributed by atoms with Gasteiger partial charge in [-0.2, -0.15) is 12.1 Å². The van der Waals surface area contributed by atoms with Crippen LogP contribution in [0.5, 0.6) is 0 Å². The summed E-state index contributed by atoms with van der Waals surface area (Å²) in [6, 6.07) is 0. The Morgan fingerprint density at radius 2 is 2.29 bits per heavy atom. The van der Waals surface area contributed by atoms with Gasteiger partial charge < -0.3 is 4.74 Å². The van der Waals surface area contributed by atoms with Crippen molar-refractivity contribution in [3.8, 4) is 0 Å². The van der Waals surface area contributed by atoms with Crippen molar-refractivity contribution < 1.29 is 9.53 Å². The molecule has 0 aromatic carbocycles. The Hall–Kier alpha value is 0.257. The molecule has 6 heteroatoms. The number of rotatable bonds is 8. The summed E-state index contributed by atoms with van der Waals surface area (Å²) in [7, 11) is 0.0917. The van der Waals surface area contributed by atoms with Crippen LogP contribution in [0.4, 0.5) is 0 Å². The van der Waals surface area contributed by atoms with Crippen LogP contribution in [-0.2, 0) is 9.53 Å². The van der Waals surface area contributed by atoms with Crippen molar-refractivity contribution in [1.82, 2.24) is 0 Å². The molecule has 0 aromatic heterocycles. The number of methoxy groups -OCH3 is 1. The summed E-state index contributed by atoms with van der Waals surface area (Å²) in [4.78, 5) is 10.1. The van der Waals surface area contributed by atoms with Crippen LogP contribution in [0.2, 0.25) is 0 Å². The minimum atomic E-state index is -1.47. The van der Waals surface area contributed by atoms with Crippen molar-refractivity contribution in [2.24, 2.45) is 4.66 Å². The Kier molecular flexibility index (Phi) is 9.98. The highest BCUT2D eigenvalue weighted by Crippen LogP contribution is 2.32. The first kappa shape index (κ1) is 14.3. The number of hydrogen-bond acceptors (Lipinski definition) is 4. The molecule has 0 aliphatic rings. The zero-order valence-corrected chi connectivity index (χ0v) is 11.7. The van der Waals surface area contributed by atoms with Crippen LogP contribution in [0.3, 0.4) is 0 Å². The topological polar surface area (TPSA) is 38.7 Å². The van der Waals surface area contributed by atoms with Gasteiger partial charge in [0, 0.05) is 13.7 Å². The van der Waals surface area contributed by atoms with Gasteiger partial charge in [-0.15, -0.1) is 0 Å². The van der Waals surface area contributed by atoms with Crippen molar-refractivity contribution in [1.29, 1.82) is 0 Å². The van der Waals surface area contributed by atoms with Gasteiger partial charge in [0.1, 0.15) is 0 Å². The van der Waals surface area contributed by atoms with Gasteiger partial charge in [-0.1, -0.05) is 6.92 Å². The lowest BCUT2D eigenvalue weighted by Gasteiger charge is -2.21. The highest BCUT2D eigenvalue weighted by molar-refractivity contribution is 8.57.